The summed E-state index contributed by atoms with van der Waals surface area (Å²) in [6.45, 7) is 1.82. The second kappa shape index (κ2) is 3.28. The first-order valence-electron chi connectivity index (χ1n) is 3.52. The number of hydrogen-bond donors (Lipinski definition) is 0. The maximum atomic E-state index is 12.9. The van der Waals surface area contributed by atoms with Gasteiger partial charge < -0.3 is 0 Å². The van der Waals surface area contributed by atoms with Crippen LogP contribution in [0.2, 0.25) is 0 Å². The smallest absolute Gasteiger partial charge is 0.150 e. The fourth-order valence-electron chi connectivity index (χ4n) is 1.06. The summed E-state index contributed by atoms with van der Waals surface area (Å²) in [5.41, 5.74) is 0.954. The largest absolute Gasteiger partial charge is 0.298 e. The summed E-state index contributed by atoms with van der Waals surface area (Å²) < 4.78 is 12.9. The molecule has 0 atom stereocenters. The molecule has 0 aliphatic heterocycles. The Kier molecular flexibility index (Phi) is 2.36. The van der Waals surface area contributed by atoms with Gasteiger partial charge in [-0.2, -0.15) is 0 Å². The lowest BCUT2D eigenvalue weighted by Crippen LogP contribution is -1.94. The molecular weight excluding hydrogens is 143 g/mol. The molecule has 0 heterocycles. The van der Waals surface area contributed by atoms with Gasteiger partial charge in [0, 0.05) is 5.56 Å². The van der Waals surface area contributed by atoms with Crippen LogP contribution < -0.4 is 0 Å². The van der Waals surface area contributed by atoms with E-state index < -0.39 is 0 Å². The van der Waals surface area contributed by atoms with Gasteiger partial charge >= 0.3 is 0 Å². The summed E-state index contributed by atoms with van der Waals surface area (Å²) in [6.07, 6.45) is 1.24. The van der Waals surface area contributed by atoms with Crippen LogP contribution in [0.1, 0.15) is 22.8 Å². The van der Waals surface area contributed by atoms with Crippen molar-refractivity contribution in [3.8, 4) is 0 Å². The van der Waals surface area contributed by atoms with Gasteiger partial charge in [-0.15, -0.1) is 0 Å². The van der Waals surface area contributed by atoms with Gasteiger partial charge in [0.2, 0.25) is 0 Å². The molecule has 0 fully saturated rings. The normalized spacial score (nSPS) is 9.64. The molecule has 0 aliphatic rings. The van der Waals surface area contributed by atoms with E-state index in [1.54, 1.807) is 6.07 Å². The summed E-state index contributed by atoms with van der Waals surface area (Å²) in [5, 5.41) is 0. The zero-order valence-corrected chi connectivity index (χ0v) is 6.30. The Balaban J connectivity index is 3.23. The molecule has 1 aromatic carbocycles. The minimum atomic E-state index is -0.294. The van der Waals surface area contributed by atoms with Crippen LogP contribution in [0.4, 0.5) is 4.39 Å². The van der Waals surface area contributed by atoms with Crippen molar-refractivity contribution in [2.45, 2.75) is 13.3 Å². The molecule has 0 aromatic heterocycles. The first-order valence-corrected chi connectivity index (χ1v) is 3.52. The van der Waals surface area contributed by atoms with Gasteiger partial charge in [0.05, 0.1) is 0 Å². The average molecular weight is 152 g/mol. The second-order valence-corrected chi connectivity index (χ2v) is 2.28. The zero-order chi connectivity index (χ0) is 8.27. The Morgan fingerprint density at radius 3 is 2.73 bits per heavy atom. The monoisotopic (exact) mass is 152 g/mol. The van der Waals surface area contributed by atoms with E-state index in [-0.39, 0.29) is 5.82 Å². The zero-order valence-electron chi connectivity index (χ0n) is 6.30. The van der Waals surface area contributed by atoms with Crippen LogP contribution >= 0.6 is 0 Å². The maximum Gasteiger partial charge on any atom is 0.150 e. The highest BCUT2D eigenvalue weighted by atomic mass is 19.1. The number of carbonyl (C=O) groups excluding carboxylic acids is 1. The van der Waals surface area contributed by atoms with Crippen LogP contribution in [-0.2, 0) is 6.42 Å². The molecule has 1 aromatic rings. The molecule has 2 heteroatoms. The Morgan fingerprint density at radius 1 is 1.55 bits per heavy atom. The van der Waals surface area contributed by atoms with Crippen molar-refractivity contribution in [3.63, 3.8) is 0 Å². The van der Waals surface area contributed by atoms with Crippen LogP contribution in [0.3, 0.4) is 0 Å². The Labute approximate surface area is 64.9 Å². The number of halogens is 1. The number of carbonyl (C=O) groups is 1. The second-order valence-electron chi connectivity index (χ2n) is 2.28. The van der Waals surface area contributed by atoms with E-state index in [2.05, 4.69) is 0 Å². The molecule has 1 nitrogen and oxygen atoms in total. The number of hydrogen-bond acceptors (Lipinski definition) is 1. The third-order valence-corrected chi connectivity index (χ3v) is 1.64. The average Bonchev–Trinajstić information content (AvgIpc) is 2.04. The molecular formula is C9H9FO. The van der Waals surface area contributed by atoms with Crippen LogP contribution in [0.25, 0.3) is 0 Å². The molecule has 0 radical (unpaired) electrons. The van der Waals surface area contributed by atoms with Gasteiger partial charge in [0.25, 0.3) is 0 Å². The lowest BCUT2D eigenvalue weighted by molar-refractivity contribution is 0.112. The van der Waals surface area contributed by atoms with E-state index in [4.69, 9.17) is 0 Å². The molecule has 0 spiro atoms. The van der Waals surface area contributed by atoms with Crippen LogP contribution in [-0.4, -0.2) is 6.29 Å². The summed E-state index contributed by atoms with van der Waals surface area (Å²) >= 11 is 0. The minimum absolute atomic E-state index is 0.294. The predicted octanol–water partition coefficient (Wildman–Crippen LogP) is 2.20. The summed E-state index contributed by atoms with van der Waals surface area (Å²) in [7, 11) is 0. The van der Waals surface area contributed by atoms with Gasteiger partial charge in [0.1, 0.15) is 12.1 Å². The fraction of sp³-hybridized carbons (Fsp3) is 0.222. The lowest BCUT2D eigenvalue weighted by atomic mass is 10.1. The molecule has 0 saturated carbocycles. The van der Waals surface area contributed by atoms with E-state index in [1.807, 2.05) is 6.92 Å². The highest BCUT2D eigenvalue weighted by Crippen LogP contribution is 2.11. The Morgan fingerprint density at radius 2 is 2.27 bits per heavy atom. The van der Waals surface area contributed by atoms with Gasteiger partial charge in [-0.1, -0.05) is 19.1 Å². The molecule has 0 bridgehead atoms. The summed E-state index contributed by atoms with van der Waals surface area (Å²) in [6, 6.07) is 4.53. The van der Waals surface area contributed by atoms with Gasteiger partial charge in [-0.25, -0.2) is 4.39 Å². The van der Waals surface area contributed by atoms with E-state index in [0.29, 0.717) is 23.8 Å². The molecule has 0 aliphatic carbocycles. The number of aldehydes is 1. The molecule has 58 valence electrons. The SMILES string of the molecule is CCc1c(F)cccc1C=O. The molecule has 0 saturated heterocycles. The summed E-state index contributed by atoms with van der Waals surface area (Å²) in [5.74, 6) is -0.294. The van der Waals surface area contributed by atoms with Crippen molar-refractivity contribution in [3.05, 3.63) is 35.1 Å². The molecule has 0 N–H and O–H groups in total. The highest BCUT2D eigenvalue weighted by molar-refractivity contribution is 5.77. The Hall–Kier alpha value is -1.18. The summed E-state index contributed by atoms with van der Waals surface area (Å²) in [4.78, 5) is 10.4. The van der Waals surface area contributed by atoms with Crippen molar-refractivity contribution in [2.75, 3.05) is 0 Å². The van der Waals surface area contributed by atoms with E-state index in [9.17, 15) is 9.18 Å². The first kappa shape index (κ1) is 7.92. The van der Waals surface area contributed by atoms with Crippen LogP contribution in [0, 0.1) is 5.82 Å². The molecule has 1 rings (SSSR count). The topological polar surface area (TPSA) is 17.1 Å². The fourth-order valence-corrected chi connectivity index (χ4v) is 1.06. The van der Waals surface area contributed by atoms with E-state index in [1.165, 1.54) is 12.1 Å². The van der Waals surface area contributed by atoms with Crippen molar-refractivity contribution in [2.24, 2.45) is 0 Å². The Bertz CT molecular complexity index is 268. The van der Waals surface area contributed by atoms with Gasteiger partial charge in [0.15, 0.2) is 0 Å². The highest BCUT2D eigenvalue weighted by Gasteiger charge is 2.03. The van der Waals surface area contributed by atoms with Gasteiger partial charge in [-0.3, -0.25) is 4.79 Å². The van der Waals surface area contributed by atoms with E-state index >= 15 is 0 Å². The van der Waals surface area contributed by atoms with Crippen molar-refractivity contribution in [1.82, 2.24) is 0 Å². The van der Waals surface area contributed by atoms with Crippen molar-refractivity contribution < 1.29 is 9.18 Å². The van der Waals surface area contributed by atoms with E-state index in [0.717, 1.165) is 0 Å². The molecule has 0 amide bonds. The third kappa shape index (κ3) is 1.45. The van der Waals surface area contributed by atoms with Crippen molar-refractivity contribution >= 4 is 6.29 Å². The number of rotatable bonds is 2. The first-order chi connectivity index (χ1) is 5.29. The van der Waals surface area contributed by atoms with Crippen molar-refractivity contribution in [1.29, 1.82) is 0 Å². The quantitative estimate of drug-likeness (QED) is 0.594. The van der Waals surface area contributed by atoms with Crippen LogP contribution in [0.5, 0.6) is 0 Å². The lowest BCUT2D eigenvalue weighted by Gasteiger charge is -2.00. The molecule has 11 heavy (non-hydrogen) atoms. The minimum Gasteiger partial charge on any atom is -0.298 e. The predicted molar refractivity (Wildman–Crippen MR) is 41.2 cm³/mol. The van der Waals surface area contributed by atoms with Gasteiger partial charge in [-0.05, 0) is 18.1 Å². The maximum absolute atomic E-state index is 12.9. The third-order valence-electron chi connectivity index (χ3n) is 1.64. The number of benzene rings is 1. The standard InChI is InChI=1S/C9H9FO/c1-2-8-7(6-11)4-3-5-9(8)10/h3-6H,2H2,1H3. The van der Waals surface area contributed by atoms with Crippen LogP contribution in [0.15, 0.2) is 18.2 Å². The molecule has 0 unspecified atom stereocenters.